The lowest BCUT2D eigenvalue weighted by molar-refractivity contribution is 0.216. The SMILES string of the molecule is Nc1nc(N)c2c(OC3Cc4ccccc4C3)cccc2n1. The highest BCUT2D eigenvalue weighted by Gasteiger charge is 2.23. The van der Waals surface area contributed by atoms with Crippen LogP contribution in [0.5, 0.6) is 5.75 Å². The minimum atomic E-state index is 0.111. The van der Waals surface area contributed by atoms with E-state index in [1.54, 1.807) is 0 Å². The number of anilines is 2. The first-order chi connectivity index (χ1) is 10.7. The van der Waals surface area contributed by atoms with Crippen LogP contribution < -0.4 is 16.2 Å². The van der Waals surface area contributed by atoms with Crippen LogP contribution in [0.4, 0.5) is 11.8 Å². The second kappa shape index (κ2) is 4.87. The Labute approximate surface area is 127 Å². The predicted molar refractivity (Wildman–Crippen MR) is 86.6 cm³/mol. The molecule has 4 N–H and O–H groups in total. The molecule has 0 fully saturated rings. The third kappa shape index (κ3) is 2.11. The molecule has 0 bridgehead atoms. The first-order valence-corrected chi connectivity index (χ1v) is 7.26. The summed E-state index contributed by atoms with van der Waals surface area (Å²) in [4.78, 5) is 8.26. The minimum absolute atomic E-state index is 0.111. The zero-order valence-electron chi connectivity index (χ0n) is 12.0. The maximum atomic E-state index is 6.19. The lowest BCUT2D eigenvalue weighted by Crippen LogP contribution is -2.16. The molecule has 0 saturated carbocycles. The van der Waals surface area contributed by atoms with Crippen molar-refractivity contribution in [2.75, 3.05) is 11.5 Å². The van der Waals surface area contributed by atoms with Crippen molar-refractivity contribution in [2.45, 2.75) is 18.9 Å². The van der Waals surface area contributed by atoms with Crippen LogP contribution in [0.3, 0.4) is 0 Å². The number of hydrogen-bond donors (Lipinski definition) is 2. The fraction of sp³-hybridized carbons (Fsp3) is 0.176. The monoisotopic (exact) mass is 292 g/mol. The van der Waals surface area contributed by atoms with Crippen molar-refractivity contribution in [2.24, 2.45) is 0 Å². The Kier molecular flexibility index (Phi) is 2.85. The minimum Gasteiger partial charge on any atom is -0.489 e. The summed E-state index contributed by atoms with van der Waals surface area (Å²) in [6.45, 7) is 0. The number of nitrogen functional groups attached to an aromatic ring is 2. The number of aromatic nitrogens is 2. The van der Waals surface area contributed by atoms with Crippen molar-refractivity contribution in [3.8, 4) is 5.75 Å². The van der Waals surface area contributed by atoms with Gasteiger partial charge >= 0.3 is 0 Å². The summed E-state index contributed by atoms with van der Waals surface area (Å²) in [5.74, 6) is 1.25. The number of nitrogens with two attached hydrogens (primary N) is 2. The lowest BCUT2D eigenvalue weighted by Gasteiger charge is -2.15. The van der Waals surface area contributed by atoms with E-state index in [1.165, 1.54) is 11.1 Å². The molecule has 0 aliphatic heterocycles. The van der Waals surface area contributed by atoms with Crippen LogP contribution in [0, 0.1) is 0 Å². The topological polar surface area (TPSA) is 87.0 Å². The second-order valence-electron chi connectivity index (χ2n) is 5.53. The van der Waals surface area contributed by atoms with Gasteiger partial charge in [-0.25, -0.2) is 4.98 Å². The lowest BCUT2D eigenvalue weighted by atomic mass is 10.1. The first-order valence-electron chi connectivity index (χ1n) is 7.26. The molecule has 1 aliphatic rings. The molecule has 22 heavy (non-hydrogen) atoms. The molecule has 0 unspecified atom stereocenters. The molecule has 3 aromatic rings. The van der Waals surface area contributed by atoms with Crippen LogP contribution in [-0.2, 0) is 12.8 Å². The molecule has 1 aliphatic carbocycles. The molecule has 0 amide bonds. The van der Waals surface area contributed by atoms with Crippen LogP contribution in [0.2, 0.25) is 0 Å². The van der Waals surface area contributed by atoms with Crippen LogP contribution in [0.1, 0.15) is 11.1 Å². The standard InChI is InChI=1S/C17H16N4O/c18-16-15-13(20-17(19)21-16)6-3-7-14(15)22-12-8-10-4-1-2-5-11(10)9-12/h1-7,12H,8-9H2,(H4,18,19,20,21). The van der Waals surface area contributed by atoms with E-state index >= 15 is 0 Å². The van der Waals surface area contributed by atoms with Gasteiger partial charge in [-0.1, -0.05) is 30.3 Å². The van der Waals surface area contributed by atoms with Gasteiger partial charge in [-0.3, -0.25) is 0 Å². The molecule has 1 aromatic heterocycles. The molecule has 110 valence electrons. The van der Waals surface area contributed by atoms with Crippen LogP contribution in [0.25, 0.3) is 10.9 Å². The zero-order chi connectivity index (χ0) is 15.1. The Hall–Kier alpha value is -2.82. The Morgan fingerprint density at radius 2 is 1.64 bits per heavy atom. The van der Waals surface area contributed by atoms with E-state index in [4.69, 9.17) is 16.2 Å². The maximum absolute atomic E-state index is 6.19. The molecule has 2 aromatic carbocycles. The first kappa shape index (κ1) is 12.9. The number of benzene rings is 2. The summed E-state index contributed by atoms with van der Waals surface area (Å²) in [5.41, 5.74) is 15.1. The van der Waals surface area contributed by atoms with E-state index in [9.17, 15) is 0 Å². The van der Waals surface area contributed by atoms with Crippen molar-refractivity contribution in [1.29, 1.82) is 0 Å². The highest BCUT2D eigenvalue weighted by molar-refractivity contribution is 5.94. The molecular formula is C17H16N4O. The van der Waals surface area contributed by atoms with E-state index in [1.807, 2.05) is 18.2 Å². The number of hydrogen-bond acceptors (Lipinski definition) is 5. The summed E-state index contributed by atoms with van der Waals surface area (Å²) >= 11 is 0. The van der Waals surface area contributed by atoms with Gasteiger partial charge in [0.05, 0.1) is 10.9 Å². The van der Waals surface area contributed by atoms with Crippen molar-refractivity contribution >= 4 is 22.7 Å². The van der Waals surface area contributed by atoms with Crippen molar-refractivity contribution in [3.63, 3.8) is 0 Å². The summed E-state index contributed by atoms with van der Waals surface area (Å²) in [7, 11) is 0. The molecule has 5 heteroatoms. The molecule has 5 nitrogen and oxygen atoms in total. The summed E-state index contributed by atoms with van der Waals surface area (Å²) < 4.78 is 6.19. The van der Waals surface area contributed by atoms with Gasteiger partial charge in [0.25, 0.3) is 0 Å². The van der Waals surface area contributed by atoms with Gasteiger partial charge in [0.2, 0.25) is 5.95 Å². The van der Waals surface area contributed by atoms with Gasteiger partial charge in [-0.15, -0.1) is 0 Å². The number of fused-ring (bicyclic) bond motifs is 2. The van der Waals surface area contributed by atoms with Gasteiger partial charge in [-0.2, -0.15) is 4.98 Å². The quantitative estimate of drug-likeness (QED) is 0.757. The van der Waals surface area contributed by atoms with E-state index in [-0.39, 0.29) is 12.1 Å². The van der Waals surface area contributed by atoms with Crippen molar-refractivity contribution in [3.05, 3.63) is 53.6 Å². The molecule has 4 rings (SSSR count). The largest absolute Gasteiger partial charge is 0.489 e. The maximum Gasteiger partial charge on any atom is 0.222 e. The van der Waals surface area contributed by atoms with Gasteiger partial charge in [0.1, 0.15) is 17.7 Å². The van der Waals surface area contributed by atoms with Crippen molar-refractivity contribution in [1.82, 2.24) is 9.97 Å². The van der Waals surface area contributed by atoms with Crippen LogP contribution in [-0.4, -0.2) is 16.1 Å². The highest BCUT2D eigenvalue weighted by Crippen LogP contribution is 2.32. The van der Waals surface area contributed by atoms with Crippen molar-refractivity contribution < 1.29 is 4.74 Å². The molecular weight excluding hydrogens is 276 g/mol. The molecule has 0 spiro atoms. The molecule has 0 saturated heterocycles. The Morgan fingerprint density at radius 3 is 2.36 bits per heavy atom. The normalized spacial score (nSPS) is 14.2. The van der Waals surface area contributed by atoms with Gasteiger partial charge < -0.3 is 16.2 Å². The fourth-order valence-corrected chi connectivity index (χ4v) is 3.08. The number of nitrogens with zero attached hydrogens (tertiary/aromatic N) is 2. The summed E-state index contributed by atoms with van der Waals surface area (Å²) in [5, 5.41) is 0.729. The van der Waals surface area contributed by atoms with E-state index in [0.717, 1.165) is 18.2 Å². The van der Waals surface area contributed by atoms with Gasteiger partial charge in [-0.05, 0) is 23.3 Å². The van der Waals surface area contributed by atoms with E-state index in [0.29, 0.717) is 17.1 Å². The summed E-state index contributed by atoms with van der Waals surface area (Å²) in [6, 6.07) is 14.1. The molecule has 1 heterocycles. The molecule has 0 atom stereocenters. The number of ether oxygens (including phenoxy) is 1. The third-order valence-corrected chi connectivity index (χ3v) is 4.04. The molecule has 0 radical (unpaired) electrons. The Balaban J connectivity index is 1.69. The average molecular weight is 292 g/mol. The number of rotatable bonds is 2. The van der Waals surface area contributed by atoms with Crippen LogP contribution in [0.15, 0.2) is 42.5 Å². The third-order valence-electron chi connectivity index (χ3n) is 4.04. The zero-order valence-corrected chi connectivity index (χ0v) is 12.0. The van der Waals surface area contributed by atoms with E-state index in [2.05, 4.69) is 34.2 Å². The predicted octanol–water partition coefficient (Wildman–Crippen LogP) is 2.34. The smallest absolute Gasteiger partial charge is 0.222 e. The Morgan fingerprint density at radius 1 is 0.909 bits per heavy atom. The van der Waals surface area contributed by atoms with Crippen LogP contribution >= 0.6 is 0 Å². The van der Waals surface area contributed by atoms with Gasteiger partial charge in [0.15, 0.2) is 0 Å². The van der Waals surface area contributed by atoms with Gasteiger partial charge in [0, 0.05) is 12.8 Å². The average Bonchev–Trinajstić information content (AvgIpc) is 2.89. The fourth-order valence-electron chi connectivity index (χ4n) is 3.08. The second-order valence-corrected chi connectivity index (χ2v) is 5.53. The summed E-state index contributed by atoms with van der Waals surface area (Å²) in [6.07, 6.45) is 1.92. The highest BCUT2D eigenvalue weighted by atomic mass is 16.5. The van der Waals surface area contributed by atoms with E-state index < -0.39 is 0 Å². The Bertz CT molecular complexity index is 837.